The number of nitrogens with zero attached hydrogens (tertiary/aromatic N) is 2. The molecule has 1 rings (SSSR count). The summed E-state index contributed by atoms with van der Waals surface area (Å²) in [6, 6.07) is 1.96. The monoisotopic (exact) mass is 272 g/mol. The fraction of sp³-hybridized carbons (Fsp3) is 0.615. The topological polar surface area (TPSA) is 34.6 Å². The second kappa shape index (κ2) is 9.14. The molecule has 4 nitrogen and oxygen atoms in total. The van der Waals surface area contributed by atoms with Crippen molar-refractivity contribution in [2.24, 2.45) is 0 Å². The lowest BCUT2D eigenvalue weighted by Gasteiger charge is -2.26. The van der Waals surface area contributed by atoms with Crippen LogP contribution in [-0.4, -0.2) is 45.5 Å². The zero-order valence-electron chi connectivity index (χ0n) is 11.1. The van der Waals surface area contributed by atoms with E-state index in [0.29, 0.717) is 12.5 Å². The van der Waals surface area contributed by atoms with Crippen molar-refractivity contribution in [2.45, 2.75) is 12.3 Å². The Balaban J connectivity index is 2.72. The predicted molar refractivity (Wildman–Crippen MR) is 74.4 cm³/mol. The van der Waals surface area contributed by atoms with Gasteiger partial charge in [-0.25, -0.2) is 0 Å². The highest BCUT2D eigenvalue weighted by molar-refractivity contribution is 6.17. The zero-order chi connectivity index (χ0) is 13.2. The molecule has 0 aromatic carbocycles. The first kappa shape index (κ1) is 15.2. The molecule has 0 unspecified atom stereocenters. The van der Waals surface area contributed by atoms with Gasteiger partial charge in [-0.15, -0.1) is 11.6 Å². The molecule has 102 valence electrons. The van der Waals surface area contributed by atoms with Crippen molar-refractivity contribution < 1.29 is 9.47 Å². The largest absolute Gasteiger partial charge is 0.385 e. The maximum Gasteiger partial charge on any atom is 0.0637 e. The lowest BCUT2D eigenvalue weighted by Crippen LogP contribution is -2.30. The first-order chi connectivity index (χ1) is 8.83. The van der Waals surface area contributed by atoms with E-state index >= 15 is 0 Å². The molecule has 0 saturated carbocycles. The van der Waals surface area contributed by atoms with Crippen LogP contribution in [0.1, 0.15) is 12.0 Å². The van der Waals surface area contributed by atoms with E-state index in [4.69, 9.17) is 21.1 Å². The highest BCUT2D eigenvalue weighted by Crippen LogP contribution is 2.21. The van der Waals surface area contributed by atoms with Gasteiger partial charge >= 0.3 is 0 Å². The first-order valence-corrected chi connectivity index (χ1v) is 6.58. The van der Waals surface area contributed by atoms with Crippen molar-refractivity contribution in [2.75, 3.05) is 45.4 Å². The molecule has 1 heterocycles. The van der Waals surface area contributed by atoms with E-state index in [2.05, 4.69) is 9.88 Å². The van der Waals surface area contributed by atoms with Gasteiger partial charge in [0.2, 0.25) is 0 Å². The number of ether oxygens (including phenoxy) is 2. The van der Waals surface area contributed by atoms with Gasteiger partial charge in [-0.05, 0) is 18.1 Å². The molecule has 0 saturated heterocycles. The summed E-state index contributed by atoms with van der Waals surface area (Å²) in [6.45, 7) is 3.17. The van der Waals surface area contributed by atoms with Crippen molar-refractivity contribution in [3.63, 3.8) is 0 Å². The summed E-state index contributed by atoms with van der Waals surface area (Å²) in [5, 5.41) is 0. The van der Waals surface area contributed by atoms with Gasteiger partial charge in [0.25, 0.3) is 0 Å². The number of methoxy groups -OCH3 is 2. The van der Waals surface area contributed by atoms with Gasteiger partial charge in [0.1, 0.15) is 0 Å². The second-order valence-corrected chi connectivity index (χ2v) is 4.23. The highest BCUT2D eigenvalue weighted by Gasteiger charge is 2.10. The van der Waals surface area contributed by atoms with E-state index in [1.54, 1.807) is 20.4 Å². The molecule has 0 aliphatic heterocycles. The summed E-state index contributed by atoms with van der Waals surface area (Å²) in [5.41, 5.74) is 2.18. The van der Waals surface area contributed by atoms with Crippen LogP contribution in [0.4, 0.5) is 5.69 Å². The number of hydrogen-bond acceptors (Lipinski definition) is 4. The molecule has 0 aliphatic rings. The Labute approximate surface area is 114 Å². The van der Waals surface area contributed by atoms with E-state index in [0.717, 1.165) is 37.4 Å². The van der Waals surface area contributed by atoms with Gasteiger partial charge in [-0.1, -0.05) is 0 Å². The number of anilines is 1. The van der Waals surface area contributed by atoms with E-state index in [1.165, 1.54) is 0 Å². The third-order valence-corrected chi connectivity index (χ3v) is 3.00. The number of pyridine rings is 1. The first-order valence-electron chi connectivity index (χ1n) is 6.05. The Hall–Kier alpha value is -0.840. The Kier molecular flexibility index (Phi) is 7.73. The van der Waals surface area contributed by atoms with Crippen LogP contribution < -0.4 is 4.90 Å². The van der Waals surface area contributed by atoms with Gasteiger partial charge in [0.15, 0.2) is 0 Å². The van der Waals surface area contributed by atoms with E-state index in [1.807, 2.05) is 12.3 Å². The van der Waals surface area contributed by atoms with E-state index in [9.17, 15) is 0 Å². The van der Waals surface area contributed by atoms with Crippen LogP contribution in [0.25, 0.3) is 0 Å². The molecule has 1 aromatic heterocycles. The number of rotatable bonds is 9. The van der Waals surface area contributed by atoms with Gasteiger partial charge in [-0.2, -0.15) is 0 Å². The molecule has 1 aromatic rings. The SMILES string of the molecule is COCCCN(CCOC)c1cnccc1CCl. The molecule has 5 heteroatoms. The molecule has 0 amide bonds. The number of halogens is 1. The Morgan fingerprint density at radius 3 is 2.67 bits per heavy atom. The molecule has 0 aliphatic carbocycles. The Morgan fingerprint density at radius 1 is 1.22 bits per heavy atom. The van der Waals surface area contributed by atoms with Crippen molar-refractivity contribution in [3.05, 3.63) is 24.0 Å². The minimum Gasteiger partial charge on any atom is -0.385 e. The summed E-state index contributed by atoms with van der Waals surface area (Å²) < 4.78 is 10.2. The van der Waals surface area contributed by atoms with E-state index < -0.39 is 0 Å². The minimum atomic E-state index is 0.492. The average molecular weight is 273 g/mol. The van der Waals surface area contributed by atoms with Crippen LogP contribution in [0.5, 0.6) is 0 Å². The summed E-state index contributed by atoms with van der Waals surface area (Å²) in [5.74, 6) is 0.492. The van der Waals surface area contributed by atoms with Crippen LogP contribution in [0, 0.1) is 0 Å². The van der Waals surface area contributed by atoms with Gasteiger partial charge in [0.05, 0.1) is 18.5 Å². The standard InChI is InChI=1S/C13H21ClN2O2/c1-17-8-3-6-16(7-9-18-2)13-11-15-5-4-12(13)10-14/h4-5,11H,3,6-10H2,1-2H3. The third-order valence-electron chi connectivity index (χ3n) is 2.71. The lowest BCUT2D eigenvalue weighted by molar-refractivity contribution is 0.191. The van der Waals surface area contributed by atoms with Gasteiger partial charge in [0, 0.05) is 46.0 Å². The normalized spacial score (nSPS) is 10.6. The fourth-order valence-electron chi connectivity index (χ4n) is 1.77. The van der Waals surface area contributed by atoms with Crippen molar-refractivity contribution >= 4 is 17.3 Å². The number of alkyl halides is 1. The molecule has 0 bridgehead atoms. The van der Waals surface area contributed by atoms with Crippen LogP contribution in [0.2, 0.25) is 0 Å². The van der Waals surface area contributed by atoms with Crippen LogP contribution in [0.3, 0.4) is 0 Å². The van der Waals surface area contributed by atoms with Gasteiger partial charge < -0.3 is 14.4 Å². The maximum absolute atomic E-state index is 5.96. The predicted octanol–water partition coefficient (Wildman–Crippen LogP) is 2.31. The zero-order valence-corrected chi connectivity index (χ0v) is 11.8. The summed E-state index contributed by atoms with van der Waals surface area (Å²) >= 11 is 5.96. The van der Waals surface area contributed by atoms with Crippen molar-refractivity contribution in [3.8, 4) is 0 Å². The average Bonchev–Trinajstić information content (AvgIpc) is 2.42. The number of aromatic nitrogens is 1. The van der Waals surface area contributed by atoms with Crippen LogP contribution in [-0.2, 0) is 15.4 Å². The highest BCUT2D eigenvalue weighted by atomic mass is 35.5. The number of hydrogen-bond donors (Lipinski definition) is 0. The molecular formula is C13H21ClN2O2. The molecule has 0 atom stereocenters. The summed E-state index contributed by atoms with van der Waals surface area (Å²) in [6.07, 6.45) is 4.60. The van der Waals surface area contributed by atoms with Crippen LogP contribution >= 0.6 is 11.6 Å². The van der Waals surface area contributed by atoms with Gasteiger partial charge in [-0.3, -0.25) is 4.98 Å². The lowest BCUT2D eigenvalue weighted by atomic mass is 10.2. The molecule has 0 fully saturated rings. The molecule has 18 heavy (non-hydrogen) atoms. The third kappa shape index (κ3) is 4.80. The molecule has 0 radical (unpaired) electrons. The maximum atomic E-state index is 5.96. The quantitative estimate of drug-likeness (QED) is 0.510. The summed E-state index contributed by atoms with van der Waals surface area (Å²) in [7, 11) is 3.42. The molecule has 0 spiro atoms. The van der Waals surface area contributed by atoms with Crippen molar-refractivity contribution in [1.82, 2.24) is 4.98 Å². The molecular weight excluding hydrogens is 252 g/mol. The Morgan fingerprint density at radius 2 is 2.00 bits per heavy atom. The van der Waals surface area contributed by atoms with Crippen molar-refractivity contribution in [1.29, 1.82) is 0 Å². The summed E-state index contributed by atoms with van der Waals surface area (Å²) in [4.78, 5) is 6.42. The fourth-order valence-corrected chi connectivity index (χ4v) is 1.99. The Bertz CT molecular complexity index is 337. The van der Waals surface area contributed by atoms with E-state index in [-0.39, 0.29) is 0 Å². The smallest absolute Gasteiger partial charge is 0.0637 e. The minimum absolute atomic E-state index is 0.492. The second-order valence-electron chi connectivity index (χ2n) is 3.96. The van der Waals surface area contributed by atoms with Crippen LogP contribution in [0.15, 0.2) is 18.5 Å². The molecule has 0 N–H and O–H groups in total.